The van der Waals surface area contributed by atoms with Gasteiger partial charge in [-0.1, -0.05) is 30.7 Å². The molecule has 1 atom stereocenters. The van der Waals surface area contributed by atoms with Gasteiger partial charge in [0.15, 0.2) is 0 Å². The summed E-state index contributed by atoms with van der Waals surface area (Å²) in [5.74, 6) is -0.196. The Labute approximate surface area is 160 Å². The van der Waals surface area contributed by atoms with Gasteiger partial charge in [-0.15, -0.1) is 0 Å². The van der Waals surface area contributed by atoms with Crippen molar-refractivity contribution in [3.63, 3.8) is 0 Å². The van der Waals surface area contributed by atoms with Gasteiger partial charge in [0.25, 0.3) is 0 Å². The lowest BCUT2D eigenvalue weighted by molar-refractivity contribution is 0.220. The molecular formula is C24H27FN2. The largest absolute Gasteiger partial charge is 0.318 e. The first-order valence-corrected chi connectivity index (χ1v) is 9.77. The second-order valence-electron chi connectivity index (χ2n) is 7.73. The number of halogens is 1. The highest BCUT2D eigenvalue weighted by atomic mass is 19.1. The fraction of sp³-hybridized carbons (Fsp3) is 0.333. The molecule has 0 saturated heterocycles. The molecule has 3 aromatic rings. The molecule has 2 heterocycles. The Balaban J connectivity index is 1.95. The van der Waals surface area contributed by atoms with Gasteiger partial charge < -0.3 is 4.57 Å². The average Bonchev–Trinajstić information content (AvgIpc) is 2.95. The van der Waals surface area contributed by atoms with Gasteiger partial charge in [0.2, 0.25) is 0 Å². The molecule has 1 unspecified atom stereocenters. The standard InChI is InChI=1S/C24H27FN2/c1-5-22-24-20(12-13-26(22)4)21-14-16(2)6-11-23(21)27(24)15-17(3)18-7-9-19(25)10-8-18/h6-11,14-15,22H,5,12-13H2,1-4H3/b17-15+. The Kier molecular flexibility index (Phi) is 4.65. The molecule has 0 fully saturated rings. The fourth-order valence-corrected chi connectivity index (χ4v) is 4.42. The minimum absolute atomic E-state index is 0.196. The lowest BCUT2D eigenvalue weighted by Crippen LogP contribution is -2.32. The topological polar surface area (TPSA) is 8.17 Å². The molecule has 0 spiro atoms. The van der Waals surface area contributed by atoms with Gasteiger partial charge in [0, 0.05) is 23.8 Å². The number of fused-ring (bicyclic) bond motifs is 3. The molecule has 140 valence electrons. The molecule has 3 heteroatoms. The van der Waals surface area contributed by atoms with Crippen LogP contribution in [0, 0.1) is 12.7 Å². The van der Waals surface area contributed by atoms with Crippen molar-refractivity contribution in [2.75, 3.05) is 13.6 Å². The van der Waals surface area contributed by atoms with Gasteiger partial charge in [-0.25, -0.2) is 4.39 Å². The van der Waals surface area contributed by atoms with Gasteiger partial charge in [0.05, 0.1) is 11.6 Å². The van der Waals surface area contributed by atoms with Gasteiger partial charge >= 0.3 is 0 Å². The van der Waals surface area contributed by atoms with Crippen molar-refractivity contribution in [3.8, 4) is 0 Å². The van der Waals surface area contributed by atoms with Gasteiger partial charge in [-0.3, -0.25) is 4.90 Å². The van der Waals surface area contributed by atoms with Gasteiger partial charge in [-0.2, -0.15) is 0 Å². The Morgan fingerprint density at radius 1 is 1.19 bits per heavy atom. The van der Waals surface area contributed by atoms with Crippen LogP contribution >= 0.6 is 0 Å². The van der Waals surface area contributed by atoms with Crippen LogP contribution < -0.4 is 0 Å². The minimum atomic E-state index is -0.196. The van der Waals surface area contributed by atoms with E-state index in [0.717, 1.165) is 30.5 Å². The van der Waals surface area contributed by atoms with Crippen molar-refractivity contribution < 1.29 is 4.39 Å². The highest BCUT2D eigenvalue weighted by Gasteiger charge is 2.29. The van der Waals surface area contributed by atoms with Crippen LogP contribution in [0.5, 0.6) is 0 Å². The van der Waals surface area contributed by atoms with Crippen LogP contribution in [0.25, 0.3) is 22.7 Å². The minimum Gasteiger partial charge on any atom is -0.318 e. The smallest absolute Gasteiger partial charge is 0.123 e. The molecule has 1 aromatic heterocycles. The first-order valence-electron chi connectivity index (χ1n) is 9.77. The summed E-state index contributed by atoms with van der Waals surface area (Å²) in [6.07, 6.45) is 4.40. The maximum Gasteiger partial charge on any atom is 0.123 e. The average molecular weight is 362 g/mol. The van der Waals surface area contributed by atoms with Gasteiger partial charge in [0.1, 0.15) is 5.82 Å². The summed E-state index contributed by atoms with van der Waals surface area (Å²) in [5.41, 5.74) is 7.65. The van der Waals surface area contributed by atoms with Crippen LogP contribution in [-0.2, 0) is 6.42 Å². The molecule has 1 aliphatic rings. The van der Waals surface area contributed by atoms with Crippen LogP contribution in [-0.4, -0.2) is 23.1 Å². The Morgan fingerprint density at radius 3 is 2.63 bits per heavy atom. The summed E-state index contributed by atoms with van der Waals surface area (Å²) < 4.78 is 15.7. The molecule has 0 radical (unpaired) electrons. The SMILES string of the molecule is CCC1c2c(c3cc(C)ccc3n2/C=C(\C)c2ccc(F)cc2)CCN1C. The Morgan fingerprint density at radius 2 is 1.93 bits per heavy atom. The van der Waals surface area contributed by atoms with Crippen LogP contribution in [0.4, 0.5) is 4.39 Å². The van der Waals surface area contributed by atoms with Gasteiger partial charge in [-0.05, 0) is 74.7 Å². The molecule has 0 saturated carbocycles. The first-order chi connectivity index (χ1) is 13.0. The predicted octanol–water partition coefficient (Wildman–Crippen LogP) is 6.05. The van der Waals surface area contributed by atoms with Crippen LogP contribution in [0.1, 0.15) is 48.7 Å². The monoisotopic (exact) mass is 362 g/mol. The molecular weight excluding hydrogens is 335 g/mol. The van der Waals surface area contributed by atoms with Crippen molar-refractivity contribution >= 4 is 22.7 Å². The molecule has 0 bridgehead atoms. The number of aryl methyl sites for hydroxylation is 1. The van der Waals surface area contributed by atoms with Crippen LogP contribution in [0.2, 0.25) is 0 Å². The third kappa shape index (κ3) is 3.10. The van der Waals surface area contributed by atoms with E-state index in [1.807, 2.05) is 12.1 Å². The first kappa shape index (κ1) is 18.0. The summed E-state index contributed by atoms with van der Waals surface area (Å²) in [6, 6.07) is 13.9. The molecule has 4 rings (SSSR count). The zero-order valence-electron chi connectivity index (χ0n) is 16.6. The third-order valence-corrected chi connectivity index (χ3v) is 5.88. The van der Waals surface area contributed by atoms with E-state index in [9.17, 15) is 4.39 Å². The molecule has 0 N–H and O–H groups in total. The number of hydrogen-bond donors (Lipinski definition) is 0. The van der Waals surface area contributed by atoms with Crippen molar-refractivity contribution in [3.05, 3.63) is 70.7 Å². The number of aromatic nitrogens is 1. The zero-order chi connectivity index (χ0) is 19.1. The van der Waals surface area contributed by atoms with E-state index < -0.39 is 0 Å². The zero-order valence-corrected chi connectivity index (χ0v) is 16.6. The normalized spacial score (nSPS) is 18.1. The highest BCUT2D eigenvalue weighted by Crippen LogP contribution is 2.39. The van der Waals surface area contributed by atoms with E-state index in [1.165, 1.54) is 39.9 Å². The maximum absolute atomic E-state index is 13.3. The van der Waals surface area contributed by atoms with Crippen molar-refractivity contribution in [1.29, 1.82) is 0 Å². The van der Waals surface area contributed by atoms with E-state index >= 15 is 0 Å². The number of benzene rings is 2. The fourth-order valence-electron chi connectivity index (χ4n) is 4.42. The predicted molar refractivity (Wildman–Crippen MR) is 112 cm³/mol. The van der Waals surface area contributed by atoms with E-state index in [4.69, 9.17) is 0 Å². The van der Waals surface area contributed by atoms with E-state index in [1.54, 1.807) is 0 Å². The lowest BCUT2D eigenvalue weighted by atomic mass is 9.96. The Bertz CT molecular complexity index is 1010. The van der Waals surface area contributed by atoms with E-state index in [-0.39, 0.29) is 5.82 Å². The maximum atomic E-state index is 13.3. The van der Waals surface area contributed by atoms with E-state index in [0.29, 0.717) is 6.04 Å². The number of nitrogens with zero attached hydrogens (tertiary/aromatic N) is 2. The lowest BCUT2D eigenvalue weighted by Gasteiger charge is -2.33. The van der Waals surface area contributed by atoms with Crippen molar-refractivity contribution in [2.45, 2.75) is 39.7 Å². The molecule has 27 heavy (non-hydrogen) atoms. The second kappa shape index (κ2) is 6.97. The van der Waals surface area contributed by atoms with Crippen LogP contribution in [0.3, 0.4) is 0 Å². The number of allylic oxidation sites excluding steroid dienone is 1. The summed E-state index contributed by atoms with van der Waals surface area (Å²) in [6.45, 7) is 7.63. The number of likely N-dealkylation sites (N-methyl/N-ethyl adjacent to an activating group) is 1. The summed E-state index contributed by atoms with van der Waals surface area (Å²) in [7, 11) is 2.22. The molecule has 0 aliphatic carbocycles. The van der Waals surface area contributed by atoms with Crippen molar-refractivity contribution in [2.24, 2.45) is 0 Å². The summed E-state index contributed by atoms with van der Waals surface area (Å²) in [5, 5.41) is 1.37. The highest BCUT2D eigenvalue weighted by molar-refractivity contribution is 5.90. The van der Waals surface area contributed by atoms with Crippen molar-refractivity contribution in [1.82, 2.24) is 9.47 Å². The number of rotatable bonds is 3. The Hall–Kier alpha value is -2.39. The third-order valence-electron chi connectivity index (χ3n) is 5.88. The second-order valence-corrected chi connectivity index (χ2v) is 7.73. The molecule has 2 aromatic carbocycles. The molecule has 2 nitrogen and oxygen atoms in total. The quantitative estimate of drug-likeness (QED) is 0.551. The molecule has 0 amide bonds. The summed E-state index contributed by atoms with van der Waals surface area (Å²) >= 11 is 0. The number of hydrogen-bond acceptors (Lipinski definition) is 1. The summed E-state index contributed by atoms with van der Waals surface area (Å²) in [4.78, 5) is 2.46. The van der Waals surface area contributed by atoms with Crippen LogP contribution in [0.15, 0.2) is 42.5 Å². The van der Waals surface area contributed by atoms with E-state index in [2.05, 4.69) is 61.7 Å². The molecule has 1 aliphatic heterocycles.